The first-order chi connectivity index (χ1) is 12.6. The molecule has 1 aliphatic heterocycles. The van der Waals surface area contributed by atoms with Crippen LogP contribution in [-0.4, -0.2) is 37.2 Å². The summed E-state index contributed by atoms with van der Waals surface area (Å²) >= 11 is 2.15. The van der Waals surface area contributed by atoms with Crippen LogP contribution in [0.5, 0.6) is 0 Å². The zero-order valence-electron chi connectivity index (χ0n) is 13.8. The van der Waals surface area contributed by atoms with Gasteiger partial charge in [0.1, 0.15) is 0 Å². The first-order valence-electron chi connectivity index (χ1n) is 7.95. The second-order valence-electron chi connectivity index (χ2n) is 5.95. The molecule has 9 heteroatoms. The predicted molar refractivity (Wildman–Crippen MR) is 108 cm³/mol. The molecule has 0 aliphatic carbocycles. The van der Waals surface area contributed by atoms with Crippen LogP contribution in [0.1, 0.15) is 22.3 Å². The molecule has 4 rings (SSSR count). The number of alkyl halides is 1. The third kappa shape index (κ3) is 2.87. The molecule has 0 bridgehead atoms. The number of nitrogens with zero attached hydrogens (tertiary/aromatic N) is 3. The Morgan fingerprint density at radius 1 is 1.38 bits per heavy atom. The molecule has 0 radical (unpaired) electrons. The summed E-state index contributed by atoms with van der Waals surface area (Å²) in [5, 5.41) is 11.8. The Morgan fingerprint density at radius 2 is 2.23 bits per heavy atom. The Labute approximate surface area is 162 Å². The van der Waals surface area contributed by atoms with Gasteiger partial charge in [-0.1, -0.05) is 22.6 Å². The van der Waals surface area contributed by atoms with Crippen molar-refractivity contribution in [3.8, 4) is 11.3 Å². The number of rotatable bonds is 4. The Kier molecular flexibility index (Phi) is 4.23. The zero-order valence-corrected chi connectivity index (χ0v) is 16.0. The van der Waals surface area contributed by atoms with Gasteiger partial charge in [0.15, 0.2) is 0 Å². The molecule has 0 spiro atoms. The van der Waals surface area contributed by atoms with Gasteiger partial charge in [0, 0.05) is 51.8 Å². The van der Waals surface area contributed by atoms with Crippen LogP contribution >= 0.6 is 22.6 Å². The van der Waals surface area contributed by atoms with Gasteiger partial charge in [-0.3, -0.25) is 14.3 Å². The quantitative estimate of drug-likeness (QED) is 0.410. The van der Waals surface area contributed by atoms with E-state index in [0.717, 1.165) is 32.2 Å². The van der Waals surface area contributed by atoms with Gasteiger partial charge < -0.3 is 10.3 Å². The molecule has 132 valence electrons. The number of halogens is 1. The Morgan fingerprint density at radius 3 is 2.96 bits per heavy atom. The average Bonchev–Trinajstić information content (AvgIpc) is 3.13. The zero-order chi connectivity index (χ0) is 18.3. The van der Waals surface area contributed by atoms with E-state index < -0.39 is 0 Å². The molecule has 1 aliphatic rings. The number of nitrogens with one attached hydrogen (secondary N) is 3. The number of hydrazone groups is 1. The minimum atomic E-state index is -0.313. The number of H-pyrrole nitrogens is 1. The third-order valence-corrected chi connectivity index (χ3v) is 4.68. The van der Waals surface area contributed by atoms with Gasteiger partial charge in [0.05, 0.1) is 23.7 Å². The van der Waals surface area contributed by atoms with Gasteiger partial charge in [-0.2, -0.15) is 10.2 Å². The van der Waals surface area contributed by atoms with E-state index >= 15 is 0 Å². The number of hydrogen-bond acceptors (Lipinski definition) is 4. The maximum absolute atomic E-state index is 12.4. The van der Waals surface area contributed by atoms with Crippen molar-refractivity contribution in [2.24, 2.45) is 12.1 Å². The molecule has 8 nitrogen and oxygen atoms in total. The van der Waals surface area contributed by atoms with E-state index in [9.17, 15) is 9.59 Å². The SMILES string of the molecule is Cn1cc(-c2[nH]c3cc(NC(=O)CCI)cc4c3c2C=NNC4=O)cn1. The summed E-state index contributed by atoms with van der Waals surface area (Å²) in [7, 11) is 1.84. The molecule has 0 fully saturated rings. The van der Waals surface area contributed by atoms with Crippen LogP contribution in [0.3, 0.4) is 0 Å². The van der Waals surface area contributed by atoms with E-state index in [0.29, 0.717) is 17.7 Å². The number of carbonyl (C=O) groups is 2. The van der Waals surface area contributed by atoms with Gasteiger partial charge in [-0.15, -0.1) is 0 Å². The molecule has 26 heavy (non-hydrogen) atoms. The molecule has 2 amide bonds. The van der Waals surface area contributed by atoms with Crippen LogP contribution in [0.25, 0.3) is 22.2 Å². The van der Waals surface area contributed by atoms with Crippen LogP contribution in [0.15, 0.2) is 29.6 Å². The minimum absolute atomic E-state index is 0.0875. The number of amides is 2. The van der Waals surface area contributed by atoms with Gasteiger partial charge in [-0.05, 0) is 12.1 Å². The van der Waals surface area contributed by atoms with Crippen molar-refractivity contribution in [1.82, 2.24) is 20.2 Å². The fourth-order valence-corrected chi connectivity index (χ4v) is 3.53. The maximum Gasteiger partial charge on any atom is 0.272 e. The van der Waals surface area contributed by atoms with Gasteiger partial charge in [-0.25, -0.2) is 5.43 Å². The standard InChI is InChI=1S/C17H15IN6O2/c1-24-8-9(6-20-24)16-12-7-19-23-17(26)11-4-10(21-14(25)2-3-18)5-13(22-16)15(11)12/h4-8,22H,2-3H2,1H3,(H,21,25)(H,23,26). The summed E-state index contributed by atoms with van der Waals surface area (Å²) in [6, 6.07) is 3.52. The highest BCUT2D eigenvalue weighted by atomic mass is 127. The lowest BCUT2D eigenvalue weighted by Crippen LogP contribution is -2.17. The predicted octanol–water partition coefficient (Wildman–Crippen LogP) is 2.41. The van der Waals surface area contributed by atoms with E-state index in [1.54, 1.807) is 23.2 Å². The summed E-state index contributed by atoms with van der Waals surface area (Å²) in [6.45, 7) is 0. The summed E-state index contributed by atoms with van der Waals surface area (Å²) in [4.78, 5) is 27.7. The summed E-state index contributed by atoms with van der Waals surface area (Å²) < 4.78 is 2.44. The fourth-order valence-electron chi connectivity index (χ4n) is 3.04. The van der Waals surface area contributed by atoms with Gasteiger partial charge in [0.2, 0.25) is 5.91 Å². The molecule has 1 aromatic carbocycles. The van der Waals surface area contributed by atoms with E-state index in [1.807, 2.05) is 19.3 Å². The monoisotopic (exact) mass is 462 g/mol. The maximum atomic E-state index is 12.4. The molecule has 3 N–H and O–H groups in total. The molecular formula is C17H15IN6O2. The number of hydrogen-bond donors (Lipinski definition) is 3. The largest absolute Gasteiger partial charge is 0.354 e. The lowest BCUT2D eigenvalue weighted by Gasteiger charge is -2.07. The summed E-state index contributed by atoms with van der Waals surface area (Å²) in [5.41, 5.74) is 6.83. The Bertz CT molecular complexity index is 1060. The van der Waals surface area contributed by atoms with E-state index in [-0.39, 0.29) is 11.8 Å². The van der Waals surface area contributed by atoms with E-state index in [4.69, 9.17) is 0 Å². The first kappa shape index (κ1) is 16.8. The van der Waals surface area contributed by atoms with Crippen LogP contribution < -0.4 is 10.7 Å². The number of aromatic nitrogens is 3. The Hall–Kier alpha value is -2.69. The molecule has 0 atom stereocenters. The second kappa shape index (κ2) is 6.56. The molecule has 3 heterocycles. The van der Waals surface area contributed by atoms with Crippen LogP contribution in [0.4, 0.5) is 5.69 Å². The van der Waals surface area contributed by atoms with Crippen molar-refractivity contribution in [2.45, 2.75) is 6.42 Å². The average molecular weight is 462 g/mol. The molecule has 2 aromatic heterocycles. The summed E-state index contributed by atoms with van der Waals surface area (Å²) in [6.07, 6.45) is 5.68. The lowest BCUT2D eigenvalue weighted by atomic mass is 10.0. The van der Waals surface area contributed by atoms with Crippen LogP contribution in [0.2, 0.25) is 0 Å². The minimum Gasteiger partial charge on any atom is -0.354 e. The molecule has 3 aromatic rings. The highest BCUT2D eigenvalue weighted by Crippen LogP contribution is 2.34. The topological polar surface area (TPSA) is 104 Å². The molecule has 0 saturated heterocycles. The van der Waals surface area contributed by atoms with Gasteiger partial charge >= 0.3 is 0 Å². The first-order valence-corrected chi connectivity index (χ1v) is 9.47. The van der Waals surface area contributed by atoms with Crippen LogP contribution in [-0.2, 0) is 11.8 Å². The number of aromatic amines is 1. The Balaban J connectivity index is 1.91. The lowest BCUT2D eigenvalue weighted by molar-refractivity contribution is -0.115. The number of carbonyl (C=O) groups excluding carboxylic acids is 2. The summed E-state index contributed by atoms with van der Waals surface area (Å²) in [5.74, 6) is -0.401. The molecular weight excluding hydrogens is 447 g/mol. The van der Waals surface area contributed by atoms with Crippen molar-refractivity contribution in [3.05, 3.63) is 35.7 Å². The number of aryl methyl sites for hydroxylation is 1. The van der Waals surface area contributed by atoms with Crippen LogP contribution in [0, 0.1) is 0 Å². The highest BCUT2D eigenvalue weighted by molar-refractivity contribution is 14.1. The smallest absolute Gasteiger partial charge is 0.272 e. The van der Waals surface area contributed by atoms with Crippen molar-refractivity contribution >= 4 is 57.2 Å². The van der Waals surface area contributed by atoms with Crippen molar-refractivity contribution in [2.75, 3.05) is 9.74 Å². The molecule has 0 unspecified atom stereocenters. The second-order valence-corrected chi connectivity index (χ2v) is 7.03. The normalized spacial score (nSPS) is 12.9. The number of benzene rings is 1. The van der Waals surface area contributed by atoms with E-state index in [2.05, 4.69) is 48.5 Å². The highest BCUT2D eigenvalue weighted by Gasteiger charge is 2.22. The van der Waals surface area contributed by atoms with E-state index in [1.165, 1.54) is 0 Å². The fraction of sp³-hybridized carbons (Fsp3) is 0.176. The van der Waals surface area contributed by atoms with Crippen molar-refractivity contribution < 1.29 is 9.59 Å². The third-order valence-electron chi connectivity index (χ3n) is 4.14. The van der Waals surface area contributed by atoms with Crippen molar-refractivity contribution in [1.29, 1.82) is 0 Å². The van der Waals surface area contributed by atoms with Gasteiger partial charge in [0.25, 0.3) is 5.91 Å². The van der Waals surface area contributed by atoms with Crippen molar-refractivity contribution in [3.63, 3.8) is 0 Å². The molecule has 0 saturated carbocycles. The number of anilines is 1.